The van der Waals surface area contributed by atoms with E-state index in [2.05, 4.69) is 21.7 Å². The van der Waals surface area contributed by atoms with Gasteiger partial charge in [0.1, 0.15) is 0 Å². The van der Waals surface area contributed by atoms with Crippen LogP contribution in [0.3, 0.4) is 0 Å². The van der Waals surface area contributed by atoms with Crippen LogP contribution >= 0.6 is 11.3 Å². The highest BCUT2D eigenvalue weighted by atomic mass is 32.1. The maximum atomic E-state index is 8.82. The van der Waals surface area contributed by atoms with Gasteiger partial charge in [0.05, 0.1) is 0 Å². The molecule has 4 nitrogen and oxygen atoms in total. The Hall–Kier alpha value is -0.650. The number of thiazole rings is 1. The third kappa shape index (κ3) is 2.72. The topological polar surface area (TPSA) is 39.6 Å². The van der Waals surface area contributed by atoms with E-state index in [9.17, 15) is 0 Å². The molecule has 5 heteroatoms. The SMILES string of the molecule is C[C@H]1CN(CCCO)CCN1c1nccs1. The molecule has 1 aliphatic rings. The lowest BCUT2D eigenvalue weighted by Crippen LogP contribution is -2.52. The summed E-state index contributed by atoms with van der Waals surface area (Å²) in [5, 5.41) is 12.0. The summed E-state index contributed by atoms with van der Waals surface area (Å²) < 4.78 is 0. The fourth-order valence-electron chi connectivity index (χ4n) is 2.17. The molecule has 2 rings (SSSR count). The van der Waals surface area contributed by atoms with Gasteiger partial charge in [0.25, 0.3) is 0 Å². The normalized spacial score (nSPS) is 22.6. The van der Waals surface area contributed by atoms with Crippen LogP contribution in [0.5, 0.6) is 0 Å². The van der Waals surface area contributed by atoms with Crippen LogP contribution in [-0.4, -0.2) is 53.8 Å². The monoisotopic (exact) mass is 241 g/mol. The van der Waals surface area contributed by atoms with Crippen molar-refractivity contribution in [2.45, 2.75) is 19.4 Å². The molecular weight excluding hydrogens is 222 g/mol. The third-order valence-electron chi connectivity index (χ3n) is 3.01. The Balaban J connectivity index is 1.88. The Morgan fingerprint density at radius 2 is 2.44 bits per heavy atom. The van der Waals surface area contributed by atoms with Gasteiger partial charge < -0.3 is 10.0 Å². The van der Waals surface area contributed by atoms with Gasteiger partial charge in [-0.2, -0.15) is 0 Å². The number of nitrogens with zero attached hydrogens (tertiary/aromatic N) is 3. The van der Waals surface area contributed by atoms with E-state index in [1.807, 2.05) is 11.6 Å². The van der Waals surface area contributed by atoms with Crippen molar-refractivity contribution in [2.24, 2.45) is 0 Å². The molecule has 0 amide bonds. The molecule has 1 fully saturated rings. The van der Waals surface area contributed by atoms with E-state index in [1.165, 1.54) is 0 Å². The van der Waals surface area contributed by atoms with Crippen molar-refractivity contribution in [1.29, 1.82) is 0 Å². The zero-order chi connectivity index (χ0) is 11.4. The highest BCUT2D eigenvalue weighted by molar-refractivity contribution is 7.13. The van der Waals surface area contributed by atoms with Gasteiger partial charge >= 0.3 is 0 Å². The first-order valence-corrected chi connectivity index (χ1v) is 6.68. The van der Waals surface area contributed by atoms with Crippen LogP contribution in [0.2, 0.25) is 0 Å². The van der Waals surface area contributed by atoms with E-state index in [1.54, 1.807) is 11.3 Å². The summed E-state index contributed by atoms with van der Waals surface area (Å²) in [7, 11) is 0. The highest BCUT2D eigenvalue weighted by Gasteiger charge is 2.24. The molecule has 1 aromatic rings. The largest absolute Gasteiger partial charge is 0.396 e. The molecule has 1 aromatic heterocycles. The van der Waals surface area contributed by atoms with Gasteiger partial charge in [0.15, 0.2) is 5.13 Å². The fraction of sp³-hybridized carbons (Fsp3) is 0.727. The number of aliphatic hydroxyl groups excluding tert-OH is 1. The summed E-state index contributed by atoms with van der Waals surface area (Å²) in [5.74, 6) is 0. The molecule has 0 unspecified atom stereocenters. The minimum absolute atomic E-state index is 0.293. The zero-order valence-electron chi connectivity index (χ0n) is 9.67. The Morgan fingerprint density at radius 3 is 3.06 bits per heavy atom. The summed E-state index contributed by atoms with van der Waals surface area (Å²) in [6.45, 7) is 6.73. The second kappa shape index (κ2) is 5.61. The Bertz CT molecular complexity index is 304. The second-order valence-electron chi connectivity index (χ2n) is 4.23. The van der Waals surface area contributed by atoms with Crippen molar-refractivity contribution in [3.63, 3.8) is 0 Å². The third-order valence-corrected chi connectivity index (χ3v) is 3.82. The molecule has 1 aliphatic heterocycles. The molecule has 1 atom stereocenters. The van der Waals surface area contributed by atoms with Gasteiger partial charge in [0, 0.05) is 50.4 Å². The maximum absolute atomic E-state index is 8.82. The summed E-state index contributed by atoms with van der Waals surface area (Å²) in [6.07, 6.45) is 2.74. The van der Waals surface area contributed by atoms with Crippen molar-refractivity contribution in [3.05, 3.63) is 11.6 Å². The van der Waals surface area contributed by atoms with Crippen LogP contribution in [0.1, 0.15) is 13.3 Å². The molecule has 1 N–H and O–H groups in total. The first-order valence-electron chi connectivity index (χ1n) is 5.80. The van der Waals surface area contributed by atoms with Crippen LogP contribution in [0.4, 0.5) is 5.13 Å². The predicted molar refractivity (Wildman–Crippen MR) is 67.1 cm³/mol. The number of anilines is 1. The van der Waals surface area contributed by atoms with Gasteiger partial charge in [-0.15, -0.1) is 11.3 Å². The molecule has 0 aliphatic carbocycles. The minimum Gasteiger partial charge on any atom is -0.396 e. The number of hydrogen-bond donors (Lipinski definition) is 1. The molecule has 0 saturated carbocycles. The molecular formula is C11H19N3OS. The van der Waals surface area contributed by atoms with Gasteiger partial charge in [-0.3, -0.25) is 4.90 Å². The summed E-state index contributed by atoms with van der Waals surface area (Å²) in [4.78, 5) is 9.16. The first kappa shape index (κ1) is 11.8. The highest BCUT2D eigenvalue weighted by Crippen LogP contribution is 2.22. The van der Waals surface area contributed by atoms with E-state index in [0.717, 1.165) is 37.7 Å². The Kier molecular flexibility index (Phi) is 4.15. The molecule has 2 heterocycles. The van der Waals surface area contributed by atoms with Crippen LogP contribution in [-0.2, 0) is 0 Å². The average Bonchev–Trinajstić information content (AvgIpc) is 2.80. The number of piperazine rings is 1. The predicted octanol–water partition coefficient (Wildman–Crippen LogP) is 1.04. The van der Waals surface area contributed by atoms with Gasteiger partial charge in [-0.05, 0) is 13.3 Å². The smallest absolute Gasteiger partial charge is 0.185 e. The van der Waals surface area contributed by atoms with Crippen molar-refractivity contribution >= 4 is 16.5 Å². The van der Waals surface area contributed by atoms with Crippen LogP contribution in [0.15, 0.2) is 11.6 Å². The quantitative estimate of drug-likeness (QED) is 0.855. The molecule has 0 aromatic carbocycles. The molecule has 90 valence electrons. The Labute approximate surface area is 101 Å². The molecule has 0 spiro atoms. The van der Waals surface area contributed by atoms with Crippen molar-refractivity contribution in [1.82, 2.24) is 9.88 Å². The molecule has 0 bridgehead atoms. The first-order chi connectivity index (χ1) is 7.81. The van der Waals surface area contributed by atoms with Crippen LogP contribution in [0, 0.1) is 0 Å². The fourth-order valence-corrected chi connectivity index (χ4v) is 2.94. The molecule has 16 heavy (non-hydrogen) atoms. The summed E-state index contributed by atoms with van der Waals surface area (Å²) >= 11 is 1.71. The minimum atomic E-state index is 0.293. The van der Waals surface area contributed by atoms with E-state index in [-0.39, 0.29) is 0 Å². The van der Waals surface area contributed by atoms with Gasteiger partial charge in [-0.1, -0.05) is 0 Å². The van der Waals surface area contributed by atoms with Crippen molar-refractivity contribution in [3.8, 4) is 0 Å². The van der Waals surface area contributed by atoms with Crippen LogP contribution in [0.25, 0.3) is 0 Å². The maximum Gasteiger partial charge on any atom is 0.185 e. The number of aliphatic hydroxyl groups is 1. The summed E-state index contributed by atoms with van der Waals surface area (Å²) in [5.41, 5.74) is 0. The molecule has 0 radical (unpaired) electrons. The lowest BCUT2D eigenvalue weighted by molar-refractivity contribution is 0.199. The molecule has 1 saturated heterocycles. The lowest BCUT2D eigenvalue weighted by Gasteiger charge is -2.39. The van der Waals surface area contributed by atoms with Crippen LogP contribution < -0.4 is 4.90 Å². The standard InChI is InChI=1S/C11H19N3OS/c1-10-9-13(4-2-7-15)5-6-14(10)11-12-3-8-16-11/h3,8,10,15H,2,4-7,9H2,1H3/t10-/m0/s1. The second-order valence-corrected chi connectivity index (χ2v) is 5.11. The lowest BCUT2D eigenvalue weighted by atomic mass is 10.2. The zero-order valence-corrected chi connectivity index (χ0v) is 10.5. The van der Waals surface area contributed by atoms with Gasteiger partial charge in [0.2, 0.25) is 0 Å². The number of hydrogen-bond acceptors (Lipinski definition) is 5. The van der Waals surface area contributed by atoms with E-state index >= 15 is 0 Å². The van der Waals surface area contributed by atoms with E-state index < -0.39 is 0 Å². The Morgan fingerprint density at radius 1 is 1.56 bits per heavy atom. The van der Waals surface area contributed by atoms with Crippen molar-refractivity contribution in [2.75, 3.05) is 37.7 Å². The van der Waals surface area contributed by atoms with Gasteiger partial charge in [-0.25, -0.2) is 4.98 Å². The number of rotatable bonds is 4. The average molecular weight is 241 g/mol. The number of aromatic nitrogens is 1. The summed E-state index contributed by atoms with van der Waals surface area (Å²) in [6, 6.07) is 0.513. The van der Waals surface area contributed by atoms with Crippen molar-refractivity contribution < 1.29 is 5.11 Å². The van der Waals surface area contributed by atoms with E-state index in [0.29, 0.717) is 12.6 Å². The van der Waals surface area contributed by atoms with E-state index in [4.69, 9.17) is 5.11 Å².